The van der Waals surface area contributed by atoms with Crippen LogP contribution < -0.4 is 4.83 Å². The van der Waals surface area contributed by atoms with Crippen molar-refractivity contribution in [2.24, 2.45) is 0 Å². The van der Waals surface area contributed by atoms with Gasteiger partial charge in [0.05, 0.1) is 4.90 Å². The molecule has 0 bridgehead atoms. The zero-order valence-electron chi connectivity index (χ0n) is 8.20. The van der Waals surface area contributed by atoms with Crippen LogP contribution in [0, 0.1) is 0 Å². The molecular formula is C9H11ClN2O2S. The first-order valence-electron chi connectivity index (χ1n) is 4.59. The van der Waals surface area contributed by atoms with Gasteiger partial charge in [-0.15, -0.1) is 4.83 Å². The Morgan fingerprint density at radius 3 is 2.93 bits per heavy atom. The minimum atomic E-state index is -3.43. The molecule has 1 aliphatic rings. The van der Waals surface area contributed by atoms with Crippen molar-refractivity contribution >= 4 is 21.6 Å². The number of hydrogen-bond donors (Lipinski definition) is 1. The molecule has 1 N–H and O–H groups in total. The molecule has 0 fully saturated rings. The van der Waals surface area contributed by atoms with Crippen LogP contribution in [0.2, 0.25) is 5.02 Å². The third kappa shape index (κ3) is 2.01. The van der Waals surface area contributed by atoms with Crippen LogP contribution in [0.25, 0.3) is 0 Å². The fraction of sp³-hybridized carbons (Fsp3) is 0.333. The monoisotopic (exact) mass is 246 g/mol. The van der Waals surface area contributed by atoms with Crippen LogP contribution in [-0.2, 0) is 16.6 Å². The molecule has 0 aromatic heterocycles. The SMILES string of the molecule is CCN1Cc2ccc(Cl)cc2S(=O)(=O)N1. The number of hydrogen-bond acceptors (Lipinski definition) is 3. The highest BCUT2D eigenvalue weighted by atomic mass is 35.5. The van der Waals surface area contributed by atoms with Gasteiger partial charge in [0.15, 0.2) is 0 Å². The van der Waals surface area contributed by atoms with Gasteiger partial charge in [0.2, 0.25) is 0 Å². The molecule has 0 atom stereocenters. The number of rotatable bonds is 1. The summed E-state index contributed by atoms with van der Waals surface area (Å²) in [7, 11) is -3.43. The summed E-state index contributed by atoms with van der Waals surface area (Å²) in [5, 5.41) is 2.08. The van der Waals surface area contributed by atoms with Gasteiger partial charge in [0.1, 0.15) is 0 Å². The van der Waals surface area contributed by atoms with Crippen molar-refractivity contribution in [3.63, 3.8) is 0 Å². The summed E-state index contributed by atoms with van der Waals surface area (Å²) in [6.45, 7) is 3.09. The average Bonchev–Trinajstić information content (AvgIpc) is 2.18. The minimum Gasteiger partial charge on any atom is -0.226 e. The van der Waals surface area contributed by atoms with E-state index in [4.69, 9.17) is 11.6 Å². The first-order chi connectivity index (χ1) is 7.03. The van der Waals surface area contributed by atoms with Gasteiger partial charge in [-0.2, -0.15) is 0 Å². The zero-order chi connectivity index (χ0) is 11.1. The van der Waals surface area contributed by atoms with Gasteiger partial charge in [-0.1, -0.05) is 24.6 Å². The van der Waals surface area contributed by atoms with E-state index in [1.807, 2.05) is 6.92 Å². The molecule has 0 aliphatic carbocycles. The van der Waals surface area contributed by atoms with E-state index >= 15 is 0 Å². The summed E-state index contributed by atoms with van der Waals surface area (Å²) in [5.41, 5.74) is 0.778. The Kier molecular flexibility index (Phi) is 2.72. The lowest BCUT2D eigenvalue weighted by molar-refractivity contribution is 0.234. The Hall–Kier alpha value is -0.620. The predicted octanol–water partition coefficient (Wildman–Crippen LogP) is 1.37. The molecular weight excluding hydrogens is 236 g/mol. The Balaban J connectivity index is 2.55. The van der Waals surface area contributed by atoms with Crippen molar-refractivity contribution in [2.75, 3.05) is 6.54 Å². The Morgan fingerprint density at radius 2 is 2.27 bits per heavy atom. The number of fused-ring (bicyclic) bond motifs is 1. The second kappa shape index (κ2) is 3.75. The predicted molar refractivity (Wildman–Crippen MR) is 57.9 cm³/mol. The van der Waals surface area contributed by atoms with Crippen molar-refractivity contribution < 1.29 is 8.42 Å². The molecule has 2 rings (SSSR count). The van der Waals surface area contributed by atoms with Gasteiger partial charge in [-0.3, -0.25) is 0 Å². The van der Waals surface area contributed by atoms with Crippen molar-refractivity contribution in [3.05, 3.63) is 28.8 Å². The molecule has 0 radical (unpaired) electrons. The van der Waals surface area contributed by atoms with E-state index < -0.39 is 10.0 Å². The van der Waals surface area contributed by atoms with E-state index in [0.29, 0.717) is 18.1 Å². The van der Waals surface area contributed by atoms with Gasteiger partial charge in [0, 0.05) is 18.1 Å². The summed E-state index contributed by atoms with van der Waals surface area (Å²) >= 11 is 5.77. The van der Waals surface area contributed by atoms with Gasteiger partial charge in [-0.05, 0) is 17.7 Å². The number of hydrazine groups is 1. The molecule has 0 saturated heterocycles. The van der Waals surface area contributed by atoms with Gasteiger partial charge in [-0.25, -0.2) is 13.4 Å². The summed E-state index contributed by atoms with van der Waals surface area (Å²) in [5.74, 6) is 0. The van der Waals surface area contributed by atoms with Gasteiger partial charge < -0.3 is 0 Å². The molecule has 82 valence electrons. The Morgan fingerprint density at radius 1 is 1.53 bits per heavy atom. The first-order valence-corrected chi connectivity index (χ1v) is 6.45. The number of benzene rings is 1. The zero-order valence-corrected chi connectivity index (χ0v) is 9.77. The van der Waals surface area contributed by atoms with Crippen LogP contribution >= 0.6 is 11.6 Å². The van der Waals surface area contributed by atoms with Crippen LogP contribution in [0.3, 0.4) is 0 Å². The van der Waals surface area contributed by atoms with E-state index in [1.165, 1.54) is 6.07 Å². The lowest BCUT2D eigenvalue weighted by Crippen LogP contribution is -2.45. The topological polar surface area (TPSA) is 49.4 Å². The first kappa shape index (κ1) is 10.9. The normalized spacial score (nSPS) is 19.9. The lowest BCUT2D eigenvalue weighted by atomic mass is 10.2. The molecule has 0 amide bonds. The van der Waals surface area contributed by atoms with Crippen molar-refractivity contribution in [1.82, 2.24) is 9.84 Å². The van der Waals surface area contributed by atoms with Crippen molar-refractivity contribution in [1.29, 1.82) is 0 Å². The Bertz CT molecular complexity index is 487. The third-order valence-electron chi connectivity index (χ3n) is 2.31. The van der Waals surface area contributed by atoms with E-state index in [2.05, 4.69) is 4.83 Å². The maximum Gasteiger partial charge on any atom is 0.253 e. The second-order valence-electron chi connectivity index (χ2n) is 3.36. The number of sulfonamides is 1. The van der Waals surface area contributed by atoms with E-state index in [1.54, 1.807) is 17.1 Å². The van der Waals surface area contributed by atoms with Gasteiger partial charge in [0.25, 0.3) is 10.0 Å². The highest BCUT2D eigenvalue weighted by molar-refractivity contribution is 7.89. The minimum absolute atomic E-state index is 0.278. The number of halogens is 1. The maximum atomic E-state index is 11.8. The van der Waals surface area contributed by atoms with Crippen molar-refractivity contribution in [3.8, 4) is 0 Å². The average molecular weight is 247 g/mol. The molecule has 0 spiro atoms. The number of nitrogens with zero attached hydrogens (tertiary/aromatic N) is 1. The van der Waals surface area contributed by atoms with Crippen molar-refractivity contribution in [2.45, 2.75) is 18.4 Å². The highest BCUT2D eigenvalue weighted by Crippen LogP contribution is 2.25. The van der Waals surface area contributed by atoms with E-state index in [-0.39, 0.29) is 4.90 Å². The molecule has 0 saturated carbocycles. The fourth-order valence-corrected chi connectivity index (χ4v) is 3.17. The lowest BCUT2D eigenvalue weighted by Gasteiger charge is -2.27. The smallest absolute Gasteiger partial charge is 0.226 e. The fourth-order valence-electron chi connectivity index (χ4n) is 1.54. The maximum absolute atomic E-state index is 11.8. The third-order valence-corrected chi connectivity index (χ3v) is 4.00. The summed E-state index contributed by atoms with van der Waals surface area (Å²) in [4.78, 5) is 2.75. The Labute approximate surface area is 93.9 Å². The summed E-state index contributed by atoms with van der Waals surface area (Å²) < 4.78 is 23.6. The molecule has 0 unspecified atom stereocenters. The molecule has 1 heterocycles. The van der Waals surface area contributed by atoms with E-state index in [9.17, 15) is 8.42 Å². The molecule has 1 aromatic carbocycles. The molecule has 15 heavy (non-hydrogen) atoms. The van der Waals surface area contributed by atoms with Crippen LogP contribution in [-0.4, -0.2) is 20.0 Å². The van der Waals surface area contributed by atoms with E-state index in [0.717, 1.165) is 5.56 Å². The second-order valence-corrected chi connectivity index (χ2v) is 5.43. The molecule has 1 aromatic rings. The largest absolute Gasteiger partial charge is 0.253 e. The van der Waals surface area contributed by atoms with Crippen LogP contribution in [0.15, 0.2) is 23.1 Å². The number of nitrogens with one attached hydrogen (secondary N) is 1. The standard InChI is InChI=1S/C9H11ClN2O2S/c1-2-12-6-7-3-4-8(10)5-9(7)15(13,14)11-12/h3-5,11H,2,6H2,1H3. The van der Waals surface area contributed by atoms with Crippen LogP contribution in [0.1, 0.15) is 12.5 Å². The quantitative estimate of drug-likeness (QED) is 0.814. The van der Waals surface area contributed by atoms with Gasteiger partial charge >= 0.3 is 0 Å². The summed E-state index contributed by atoms with van der Waals surface area (Å²) in [6.07, 6.45) is 0. The highest BCUT2D eigenvalue weighted by Gasteiger charge is 2.27. The van der Waals surface area contributed by atoms with Crippen LogP contribution in [0.5, 0.6) is 0 Å². The summed E-state index contributed by atoms with van der Waals surface area (Å²) in [6, 6.07) is 4.93. The molecule has 4 nitrogen and oxygen atoms in total. The van der Waals surface area contributed by atoms with Crippen LogP contribution in [0.4, 0.5) is 0 Å². The molecule has 6 heteroatoms. The molecule has 1 aliphatic heterocycles.